The van der Waals surface area contributed by atoms with Gasteiger partial charge in [0.15, 0.2) is 17.5 Å². The zero-order valence-corrected chi connectivity index (χ0v) is 16.1. The Hall–Kier alpha value is -2.35. The van der Waals surface area contributed by atoms with E-state index in [9.17, 15) is 22.8 Å². The van der Waals surface area contributed by atoms with E-state index in [0.717, 1.165) is 63.7 Å². The highest BCUT2D eigenvalue weighted by atomic mass is 19.2. The molecule has 0 amide bonds. The van der Waals surface area contributed by atoms with E-state index in [0.29, 0.717) is 6.04 Å². The quantitative estimate of drug-likeness (QED) is 0.585. The van der Waals surface area contributed by atoms with Gasteiger partial charge in [-0.2, -0.15) is 0 Å². The summed E-state index contributed by atoms with van der Waals surface area (Å²) in [5, 5.41) is 5.83. The predicted molar refractivity (Wildman–Crippen MR) is 106 cm³/mol. The summed E-state index contributed by atoms with van der Waals surface area (Å²) in [4.78, 5) is 26.7. The van der Waals surface area contributed by atoms with Gasteiger partial charge in [0.25, 0.3) is 10.9 Å². The Kier molecular flexibility index (Phi) is 5.63. The van der Waals surface area contributed by atoms with Gasteiger partial charge in [-0.15, -0.1) is 0 Å². The van der Waals surface area contributed by atoms with Gasteiger partial charge in [0.2, 0.25) is 0 Å². The molecule has 2 atom stereocenters. The van der Waals surface area contributed by atoms with Crippen LogP contribution < -0.4 is 21.5 Å². The lowest BCUT2D eigenvalue weighted by atomic mass is 9.87. The molecule has 1 heterocycles. The number of hydrogen-bond acceptors (Lipinski definition) is 5. The van der Waals surface area contributed by atoms with Crippen LogP contribution in [-0.2, 0) is 0 Å². The molecular formula is C21H24F3N3O2. The minimum absolute atomic E-state index is 0.0247. The van der Waals surface area contributed by atoms with Crippen LogP contribution in [0.15, 0.2) is 21.7 Å². The van der Waals surface area contributed by atoms with Crippen molar-refractivity contribution in [2.45, 2.75) is 57.0 Å². The minimum Gasteiger partial charge on any atom is -0.376 e. The normalized spacial score (nSPS) is 23.3. The number of piperidine rings is 1. The van der Waals surface area contributed by atoms with E-state index in [1.807, 2.05) is 0 Å². The molecule has 0 aromatic heterocycles. The lowest BCUT2D eigenvalue weighted by Crippen LogP contribution is -2.52. The highest BCUT2D eigenvalue weighted by Gasteiger charge is 2.33. The number of anilines is 3. The second-order valence-electron chi connectivity index (χ2n) is 7.99. The first-order chi connectivity index (χ1) is 14.0. The van der Waals surface area contributed by atoms with Gasteiger partial charge in [-0.25, -0.2) is 13.2 Å². The summed E-state index contributed by atoms with van der Waals surface area (Å²) < 4.78 is 40.1. The summed E-state index contributed by atoms with van der Waals surface area (Å²) in [5.74, 6) is -4.30. The molecule has 2 fully saturated rings. The second kappa shape index (κ2) is 8.18. The largest absolute Gasteiger partial charge is 0.376 e. The van der Waals surface area contributed by atoms with Gasteiger partial charge in [0, 0.05) is 29.9 Å². The molecule has 2 aliphatic rings. The Morgan fingerprint density at radius 2 is 1.45 bits per heavy atom. The maximum Gasteiger partial charge on any atom is 0.253 e. The summed E-state index contributed by atoms with van der Waals surface area (Å²) in [5.41, 5.74) is -1.38. The van der Waals surface area contributed by atoms with E-state index in [-0.39, 0.29) is 23.1 Å². The van der Waals surface area contributed by atoms with Crippen molar-refractivity contribution in [2.24, 2.45) is 0 Å². The molecule has 29 heavy (non-hydrogen) atoms. The van der Waals surface area contributed by atoms with Crippen molar-refractivity contribution < 1.29 is 13.2 Å². The monoisotopic (exact) mass is 407 g/mol. The molecule has 5 nitrogen and oxygen atoms in total. The van der Waals surface area contributed by atoms with Crippen LogP contribution in [0.5, 0.6) is 0 Å². The zero-order chi connectivity index (χ0) is 20.5. The summed E-state index contributed by atoms with van der Waals surface area (Å²) in [7, 11) is 0. The van der Waals surface area contributed by atoms with E-state index in [1.165, 1.54) is 6.42 Å². The Labute approximate surface area is 166 Å². The maximum absolute atomic E-state index is 13.5. The molecule has 2 aromatic rings. The van der Waals surface area contributed by atoms with Crippen molar-refractivity contribution >= 4 is 17.1 Å². The number of hydrogen-bond donors (Lipinski definition) is 2. The van der Waals surface area contributed by atoms with Crippen LogP contribution in [0.4, 0.5) is 30.2 Å². The second-order valence-corrected chi connectivity index (χ2v) is 7.99. The van der Waals surface area contributed by atoms with Crippen LogP contribution in [0.3, 0.4) is 0 Å². The van der Waals surface area contributed by atoms with Crippen molar-refractivity contribution in [3.8, 4) is 0 Å². The number of nitrogens with zero attached hydrogens (tertiary/aromatic N) is 1. The van der Waals surface area contributed by atoms with Crippen molar-refractivity contribution in [1.29, 1.82) is 0 Å². The lowest BCUT2D eigenvalue weighted by Gasteiger charge is -2.42. The van der Waals surface area contributed by atoms with Crippen molar-refractivity contribution in [3.63, 3.8) is 0 Å². The molecule has 4 rings (SSSR count). The first-order valence-corrected chi connectivity index (χ1v) is 10.2. The summed E-state index contributed by atoms with van der Waals surface area (Å²) in [6.45, 7) is 2.07. The summed E-state index contributed by atoms with van der Waals surface area (Å²) in [6, 6.07) is 1.85. The first-order valence-electron chi connectivity index (χ1n) is 10.2. The standard InChI is InChI=1S/C21H24F3N3O2/c22-13-10-12(11-14(23)17(13)24)25-18-19(21(29)20(18)28)26-15-6-2-3-7-16(15)27-8-4-1-5-9-27/h10-11,15-16,25-26H,1-9H2/t15-,16?/m1/s1. The number of benzene rings is 1. The first kappa shape index (κ1) is 19.9. The van der Waals surface area contributed by atoms with Gasteiger partial charge in [-0.1, -0.05) is 19.3 Å². The van der Waals surface area contributed by atoms with Gasteiger partial charge in [-0.3, -0.25) is 14.5 Å². The molecule has 0 bridgehead atoms. The van der Waals surface area contributed by atoms with Gasteiger partial charge < -0.3 is 10.6 Å². The van der Waals surface area contributed by atoms with Gasteiger partial charge in [0.1, 0.15) is 11.4 Å². The Morgan fingerprint density at radius 1 is 0.828 bits per heavy atom. The topological polar surface area (TPSA) is 61.4 Å². The molecule has 0 spiro atoms. The predicted octanol–water partition coefficient (Wildman–Crippen LogP) is 3.65. The fraction of sp³-hybridized carbons (Fsp3) is 0.524. The Balaban J connectivity index is 1.54. The van der Waals surface area contributed by atoms with Crippen molar-refractivity contribution in [2.75, 3.05) is 23.7 Å². The molecule has 156 valence electrons. The molecule has 1 aliphatic carbocycles. The molecule has 1 aliphatic heterocycles. The van der Waals surface area contributed by atoms with Crippen molar-refractivity contribution in [1.82, 2.24) is 4.90 Å². The van der Waals surface area contributed by atoms with Crippen LogP contribution in [0.25, 0.3) is 0 Å². The summed E-state index contributed by atoms with van der Waals surface area (Å²) >= 11 is 0. The minimum atomic E-state index is -1.58. The molecule has 2 N–H and O–H groups in total. The van der Waals surface area contributed by atoms with Gasteiger partial charge in [-0.05, 0) is 38.8 Å². The molecule has 2 aromatic carbocycles. The zero-order valence-electron chi connectivity index (χ0n) is 16.1. The number of likely N-dealkylation sites (tertiary alicyclic amines) is 1. The Morgan fingerprint density at radius 3 is 2.14 bits per heavy atom. The molecule has 1 saturated heterocycles. The third-order valence-electron chi connectivity index (χ3n) is 6.08. The lowest BCUT2D eigenvalue weighted by molar-refractivity contribution is 0.121. The van der Waals surface area contributed by atoms with Crippen LogP contribution in [0.1, 0.15) is 44.9 Å². The van der Waals surface area contributed by atoms with Crippen LogP contribution in [-0.4, -0.2) is 30.1 Å². The molecule has 8 heteroatoms. The molecule has 1 unspecified atom stereocenters. The third kappa shape index (κ3) is 3.90. The van der Waals surface area contributed by atoms with E-state index < -0.39 is 28.3 Å². The fourth-order valence-electron chi connectivity index (χ4n) is 4.57. The van der Waals surface area contributed by atoms with Gasteiger partial charge in [0.05, 0.1) is 0 Å². The maximum atomic E-state index is 13.5. The van der Waals surface area contributed by atoms with Crippen molar-refractivity contribution in [3.05, 3.63) is 50.0 Å². The van der Waals surface area contributed by atoms with E-state index in [4.69, 9.17) is 0 Å². The fourth-order valence-corrected chi connectivity index (χ4v) is 4.57. The van der Waals surface area contributed by atoms with Crippen LogP contribution >= 0.6 is 0 Å². The third-order valence-corrected chi connectivity index (χ3v) is 6.08. The average Bonchev–Trinajstić information content (AvgIpc) is 2.75. The van der Waals surface area contributed by atoms with E-state index in [1.54, 1.807) is 0 Å². The van der Waals surface area contributed by atoms with E-state index >= 15 is 0 Å². The number of rotatable bonds is 5. The smallest absolute Gasteiger partial charge is 0.253 e. The highest BCUT2D eigenvalue weighted by Crippen LogP contribution is 2.30. The van der Waals surface area contributed by atoms with Crippen LogP contribution in [0.2, 0.25) is 0 Å². The summed E-state index contributed by atoms with van der Waals surface area (Å²) in [6.07, 6.45) is 7.65. The number of halogens is 3. The molecule has 0 radical (unpaired) electrons. The van der Waals surface area contributed by atoms with Crippen LogP contribution in [0, 0.1) is 17.5 Å². The molecule has 1 saturated carbocycles. The highest BCUT2D eigenvalue weighted by molar-refractivity contribution is 5.79. The number of nitrogens with one attached hydrogen (secondary N) is 2. The Bertz CT molecular complexity index is 942. The van der Waals surface area contributed by atoms with Gasteiger partial charge >= 0.3 is 0 Å². The average molecular weight is 407 g/mol. The molecular weight excluding hydrogens is 383 g/mol. The SMILES string of the molecule is O=c1c(Nc2cc(F)c(F)c(F)c2)c(N[C@@H]2CCCCC2N2CCCCC2)c1=O. The van der Waals surface area contributed by atoms with E-state index in [2.05, 4.69) is 15.5 Å².